The predicted octanol–water partition coefficient (Wildman–Crippen LogP) is 2.22. The van der Waals surface area contributed by atoms with E-state index in [9.17, 15) is 18.0 Å². The molecule has 3 heterocycles. The number of halogens is 3. The van der Waals surface area contributed by atoms with Gasteiger partial charge >= 0.3 is 6.18 Å². The van der Waals surface area contributed by atoms with Gasteiger partial charge in [-0.3, -0.25) is 4.79 Å². The molecule has 0 spiro atoms. The van der Waals surface area contributed by atoms with E-state index in [1.54, 1.807) is 15.2 Å². The summed E-state index contributed by atoms with van der Waals surface area (Å²) in [6, 6.07) is 0.932. The van der Waals surface area contributed by atoms with E-state index in [0.29, 0.717) is 31.9 Å². The number of alkyl halides is 3. The van der Waals surface area contributed by atoms with Crippen molar-refractivity contribution in [3.8, 4) is 0 Å². The number of rotatable bonds is 2. The molecule has 0 unspecified atom stereocenters. The quantitative estimate of drug-likeness (QED) is 0.825. The molecule has 0 aromatic carbocycles. The van der Waals surface area contributed by atoms with Crippen LogP contribution in [0.3, 0.4) is 0 Å². The Morgan fingerprint density at radius 3 is 2.50 bits per heavy atom. The topological polar surface area (TPSA) is 62.2 Å². The maximum absolute atomic E-state index is 12.7. The minimum atomic E-state index is -4.50. The molecule has 2 aromatic rings. The van der Waals surface area contributed by atoms with Gasteiger partial charge in [-0.2, -0.15) is 13.2 Å². The van der Waals surface area contributed by atoms with Gasteiger partial charge in [-0.05, 0) is 6.92 Å². The molecular weight excluding hydrogens is 343 g/mol. The van der Waals surface area contributed by atoms with Crippen LogP contribution in [0, 0.1) is 6.92 Å². The highest BCUT2D eigenvalue weighted by atomic mass is 32.1. The van der Waals surface area contributed by atoms with Crippen LogP contribution in [0.2, 0.25) is 0 Å². The highest BCUT2D eigenvalue weighted by Crippen LogP contribution is 2.29. The molecule has 0 atom stereocenters. The minimum absolute atomic E-state index is 0.155. The van der Waals surface area contributed by atoms with Crippen LogP contribution in [-0.4, -0.2) is 51.9 Å². The Balaban J connectivity index is 1.66. The summed E-state index contributed by atoms with van der Waals surface area (Å²) in [5, 5.41) is 2.53. The number of nitrogens with zero attached hydrogens (tertiary/aromatic N) is 5. The molecule has 6 nitrogen and oxygen atoms in total. The number of aromatic nitrogens is 3. The molecule has 0 radical (unpaired) electrons. The molecular formula is C14H14F3N5OS. The van der Waals surface area contributed by atoms with Gasteiger partial charge in [0, 0.05) is 37.6 Å². The fourth-order valence-corrected chi connectivity index (χ4v) is 3.02. The molecule has 0 N–H and O–H groups in total. The zero-order valence-electron chi connectivity index (χ0n) is 12.7. The number of hydrogen-bond acceptors (Lipinski definition) is 6. The highest BCUT2D eigenvalue weighted by Gasteiger charge is 2.33. The van der Waals surface area contributed by atoms with Crippen molar-refractivity contribution in [2.45, 2.75) is 13.1 Å². The first-order valence-electron chi connectivity index (χ1n) is 7.20. The van der Waals surface area contributed by atoms with Crippen LogP contribution < -0.4 is 4.90 Å². The largest absolute Gasteiger partial charge is 0.433 e. The van der Waals surface area contributed by atoms with Gasteiger partial charge in [-0.1, -0.05) is 0 Å². The van der Waals surface area contributed by atoms with Crippen LogP contribution in [0.15, 0.2) is 17.8 Å². The van der Waals surface area contributed by atoms with Gasteiger partial charge in [0.25, 0.3) is 5.91 Å². The number of hydrogen-bond donors (Lipinski definition) is 0. The summed E-state index contributed by atoms with van der Waals surface area (Å²) in [4.78, 5) is 27.0. The van der Waals surface area contributed by atoms with Gasteiger partial charge < -0.3 is 9.80 Å². The lowest BCUT2D eigenvalue weighted by atomic mass is 10.2. The van der Waals surface area contributed by atoms with Crippen LogP contribution in [-0.2, 0) is 6.18 Å². The van der Waals surface area contributed by atoms with Crippen molar-refractivity contribution in [1.29, 1.82) is 0 Å². The monoisotopic (exact) mass is 357 g/mol. The molecule has 10 heteroatoms. The van der Waals surface area contributed by atoms with E-state index >= 15 is 0 Å². The third-order valence-electron chi connectivity index (χ3n) is 3.67. The first-order chi connectivity index (χ1) is 11.3. The Labute approximate surface area is 140 Å². The van der Waals surface area contributed by atoms with E-state index in [1.807, 2.05) is 6.92 Å². The van der Waals surface area contributed by atoms with Gasteiger partial charge in [0.2, 0.25) is 0 Å². The Bertz CT molecular complexity index is 740. The number of carbonyl (C=O) groups excluding carboxylic acids is 1. The van der Waals surface area contributed by atoms with Gasteiger partial charge in [-0.25, -0.2) is 15.0 Å². The second-order valence-electron chi connectivity index (χ2n) is 5.29. The molecule has 1 saturated heterocycles. The third kappa shape index (κ3) is 3.48. The standard InChI is InChI=1S/C14H14F3N5OS/c1-9-20-10(7-24-9)13(23)22-4-2-21(3-5-22)12-6-11(14(15,16)17)18-8-19-12/h6-8H,2-5H2,1H3. The summed E-state index contributed by atoms with van der Waals surface area (Å²) >= 11 is 1.41. The van der Waals surface area contributed by atoms with Gasteiger partial charge in [0.1, 0.15) is 23.5 Å². The molecule has 2 aromatic heterocycles. The second-order valence-corrected chi connectivity index (χ2v) is 6.35. The van der Waals surface area contributed by atoms with Crippen molar-refractivity contribution >= 4 is 23.1 Å². The Morgan fingerprint density at radius 1 is 1.21 bits per heavy atom. The molecule has 1 aliphatic heterocycles. The van der Waals surface area contributed by atoms with E-state index in [1.165, 1.54) is 11.3 Å². The average Bonchev–Trinajstić information content (AvgIpc) is 3.00. The zero-order chi connectivity index (χ0) is 17.3. The fraction of sp³-hybridized carbons (Fsp3) is 0.429. The first-order valence-corrected chi connectivity index (χ1v) is 8.08. The Morgan fingerprint density at radius 2 is 1.92 bits per heavy atom. The molecule has 128 valence electrons. The normalized spacial score (nSPS) is 15.7. The van der Waals surface area contributed by atoms with Crippen LogP contribution in [0.4, 0.5) is 19.0 Å². The maximum atomic E-state index is 12.7. The number of thiazole rings is 1. The van der Waals surface area contributed by atoms with Gasteiger partial charge in [0.15, 0.2) is 0 Å². The van der Waals surface area contributed by atoms with E-state index in [0.717, 1.165) is 17.4 Å². The summed E-state index contributed by atoms with van der Waals surface area (Å²) in [6.45, 7) is 3.45. The predicted molar refractivity (Wildman–Crippen MR) is 82.0 cm³/mol. The SMILES string of the molecule is Cc1nc(C(=O)N2CCN(c3cc(C(F)(F)F)ncn3)CC2)cs1. The van der Waals surface area contributed by atoms with E-state index in [-0.39, 0.29) is 11.7 Å². The smallest absolute Gasteiger partial charge is 0.353 e. The summed E-state index contributed by atoms with van der Waals surface area (Å²) < 4.78 is 38.2. The highest BCUT2D eigenvalue weighted by molar-refractivity contribution is 7.09. The number of piperazine rings is 1. The first kappa shape index (κ1) is 16.6. The summed E-state index contributed by atoms with van der Waals surface area (Å²) in [7, 11) is 0. The molecule has 24 heavy (non-hydrogen) atoms. The Kier molecular flexibility index (Phi) is 4.39. The van der Waals surface area contributed by atoms with Crippen molar-refractivity contribution in [2.24, 2.45) is 0 Å². The van der Waals surface area contributed by atoms with Crippen molar-refractivity contribution in [3.05, 3.63) is 34.2 Å². The fourth-order valence-electron chi connectivity index (χ4n) is 2.44. The second kappa shape index (κ2) is 6.34. The zero-order valence-corrected chi connectivity index (χ0v) is 13.6. The number of carbonyl (C=O) groups is 1. The van der Waals surface area contributed by atoms with Crippen LogP contribution in [0.1, 0.15) is 21.2 Å². The van der Waals surface area contributed by atoms with Crippen LogP contribution in [0.5, 0.6) is 0 Å². The van der Waals surface area contributed by atoms with Gasteiger partial charge in [0.05, 0.1) is 5.01 Å². The average molecular weight is 357 g/mol. The van der Waals surface area contributed by atoms with E-state index in [2.05, 4.69) is 15.0 Å². The lowest BCUT2D eigenvalue weighted by Crippen LogP contribution is -2.49. The Hall–Kier alpha value is -2.23. The molecule has 0 aliphatic carbocycles. The van der Waals surface area contributed by atoms with Crippen molar-refractivity contribution in [1.82, 2.24) is 19.9 Å². The molecule has 1 fully saturated rings. The minimum Gasteiger partial charge on any atom is -0.353 e. The lowest BCUT2D eigenvalue weighted by molar-refractivity contribution is -0.141. The van der Waals surface area contributed by atoms with E-state index < -0.39 is 11.9 Å². The number of aryl methyl sites for hydroxylation is 1. The van der Waals surface area contributed by atoms with E-state index in [4.69, 9.17) is 0 Å². The molecule has 3 rings (SSSR count). The van der Waals surface area contributed by atoms with Crippen molar-refractivity contribution in [2.75, 3.05) is 31.1 Å². The third-order valence-corrected chi connectivity index (χ3v) is 4.45. The van der Waals surface area contributed by atoms with Crippen LogP contribution in [0.25, 0.3) is 0 Å². The number of amides is 1. The lowest BCUT2D eigenvalue weighted by Gasteiger charge is -2.35. The molecule has 1 aliphatic rings. The van der Waals surface area contributed by atoms with Gasteiger partial charge in [-0.15, -0.1) is 11.3 Å². The molecule has 1 amide bonds. The maximum Gasteiger partial charge on any atom is 0.433 e. The van der Waals surface area contributed by atoms with Crippen LogP contribution >= 0.6 is 11.3 Å². The van der Waals surface area contributed by atoms with Crippen molar-refractivity contribution < 1.29 is 18.0 Å². The summed E-state index contributed by atoms with van der Waals surface area (Å²) in [5.74, 6) is 0.0617. The number of anilines is 1. The summed E-state index contributed by atoms with van der Waals surface area (Å²) in [5.41, 5.74) is -0.559. The molecule has 0 saturated carbocycles. The molecule has 0 bridgehead atoms. The van der Waals surface area contributed by atoms with Crippen molar-refractivity contribution in [3.63, 3.8) is 0 Å². The summed E-state index contributed by atoms with van der Waals surface area (Å²) in [6.07, 6.45) is -3.59.